The van der Waals surface area contributed by atoms with Crippen LogP contribution < -0.4 is 15.1 Å². The minimum Gasteiger partial charge on any atom is -0.491 e. The zero-order chi connectivity index (χ0) is 35.6. The van der Waals surface area contributed by atoms with Crippen molar-refractivity contribution in [1.82, 2.24) is 0 Å². The molecule has 0 unspecified atom stereocenters. The third kappa shape index (κ3) is 15.8. The molecule has 3 aromatic carbocycles. The van der Waals surface area contributed by atoms with Gasteiger partial charge in [0.05, 0.1) is 72.7 Å². The van der Waals surface area contributed by atoms with Crippen molar-refractivity contribution in [1.29, 1.82) is 0 Å². The number of unbranched alkanes of at least 4 members (excludes halogenated alkanes) is 5. The van der Waals surface area contributed by atoms with Crippen LogP contribution in [0.2, 0.25) is 5.04 Å². The lowest BCUT2D eigenvalue weighted by atomic mass is 10.0. The molecule has 0 spiro atoms. The average Bonchev–Trinajstić information content (AvgIpc) is 3.13. The summed E-state index contributed by atoms with van der Waals surface area (Å²) in [6, 6.07) is 29.8. The van der Waals surface area contributed by atoms with Gasteiger partial charge in [-0.15, -0.1) is 0 Å². The molecule has 50 heavy (non-hydrogen) atoms. The molecular weight excluding hydrogens is 645 g/mol. The fraction of sp³-hybridized carbons (Fsp3) is 0.571. The molecule has 0 N–H and O–H groups in total. The van der Waals surface area contributed by atoms with Crippen molar-refractivity contribution < 1.29 is 32.8 Å². The maximum atomic E-state index is 6.86. The lowest BCUT2D eigenvalue weighted by Crippen LogP contribution is -2.66. The third-order valence-corrected chi connectivity index (χ3v) is 13.7. The largest absolute Gasteiger partial charge is 0.491 e. The Balaban J connectivity index is 1.12. The quantitative estimate of drug-likeness (QED) is 0.0543. The van der Waals surface area contributed by atoms with Crippen molar-refractivity contribution in [2.45, 2.75) is 77.7 Å². The van der Waals surface area contributed by atoms with E-state index in [-0.39, 0.29) is 5.04 Å². The molecule has 0 heterocycles. The van der Waals surface area contributed by atoms with E-state index in [0.29, 0.717) is 79.3 Å². The second-order valence-electron chi connectivity index (χ2n) is 13.6. The van der Waals surface area contributed by atoms with Crippen LogP contribution in [0.5, 0.6) is 5.75 Å². The first kappa shape index (κ1) is 41.9. The Hall–Kier alpha value is -2.56. The van der Waals surface area contributed by atoms with Gasteiger partial charge in [-0.2, -0.15) is 0 Å². The van der Waals surface area contributed by atoms with E-state index in [4.69, 9.17) is 32.8 Å². The van der Waals surface area contributed by atoms with Crippen LogP contribution in [0.1, 0.15) is 71.8 Å². The Bertz CT molecular complexity index is 1180. The summed E-state index contributed by atoms with van der Waals surface area (Å²) in [5.74, 6) is 0.891. The maximum absolute atomic E-state index is 6.86. The van der Waals surface area contributed by atoms with Crippen molar-refractivity contribution in [2.75, 3.05) is 79.3 Å². The molecule has 0 atom stereocenters. The topological polar surface area (TPSA) is 64.6 Å². The minimum absolute atomic E-state index is 0.0482. The zero-order valence-corrected chi connectivity index (χ0v) is 32.4. The van der Waals surface area contributed by atoms with Gasteiger partial charge >= 0.3 is 0 Å². The van der Waals surface area contributed by atoms with Gasteiger partial charge in [0.1, 0.15) is 12.4 Å². The van der Waals surface area contributed by atoms with Gasteiger partial charge in [-0.05, 0) is 45.9 Å². The van der Waals surface area contributed by atoms with Crippen molar-refractivity contribution >= 4 is 18.7 Å². The normalized spacial score (nSPS) is 12.0. The van der Waals surface area contributed by atoms with Gasteiger partial charge in [0.15, 0.2) is 0 Å². The highest BCUT2D eigenvalue weighted by molar-refractivity contribution is 6.99. The monoisotopic (exact) mass is 708 g/mol. The predicted molar refractivity (Wildman–Crippen MR) is 207 cm³/mol. The van der Waals surface area contributed by atoms with Crippen LogP contribution in [0.3, 0.4) is 0 Å². The smallest absolute Gasteiger partial charge is 0.261 e. The molecule has 278 valence electrons. The molecule has 0 fully saturated rings. The van der Waals surface area contributed by atoms with E-state index in [2.05, 4.69) is 113 Å². The van der Waals surface area contributed by atoms with Crippen molar-refractivity contribution in [2.24, 2.45) is 0 Å². The van der Waals surface area contributed by atoms with Crippen LogP contribution in [-0.2, 0) is 34.5 Å². The number of rotatable bonds is 29. The number of hydrogen-bond donors (Lipinski definition) is 0. The van der Waals surface area contributed by atoms with E-state index in [1.807, 2.05) is 0 Å². The molecule has 0 aliphatic heterocycles. The summed E-state index contributed by atoms with van der Waals surface area (Å²) in [6.07, 6.45) is 9.11. The van der Waals surface area contributed by atoms with Crippen LogP contribution in [0.4, 0.5) is 0 Å². The summed E-state index contributed by atoms with van der Waals surface area (Å²) in [5, 5.41) is 2.50. The zero-order valence-electron chi connectivity index (χ0n) is 31.4. The highest BCUT2D eigenvalue weighted by Gasteiger charge is 2.50. The second kappa shape index (κ2) is 25.4. The Morgan fingerprint density at radius 3 is 1.34 bits per heavy atom. The Kier molecular flexibility index (Phi) is 21.3. The van der Waals surface area contributed by atoms with Gasteiger partial charge in [-0.3, -0.25) is 0 Å². The molecule has 0 aromatic heterocycles. The highest BCUT2D eigenvalue weighted by atomic mass is 28.4. The number of benzene rings is 3. The molecule has 8 heteroatoms. The number of aryl methyl sites for hydroxylation is 1. The van der Waals surface area contributed by atoms with Crippen LogP contribution in [0.25, 0.3) is 0 Å². The number of hydrogen-bond acceptors (Lipinski definition) is 7. The first-order valence-electron chi connectivity index (χ1n) is 18.8. The van der Waals surface area contributed by atoms with Gasteiger partial charge in [-0.1, -0.05) is 133 Å². The van der Waals surface area contributed by atoms with Crippen LogP contribution in [-0.4, -0.2) is 87.6 Å². The van der Waals surface area contributed by atoms with Gasteiger partial charge in [-0.25, -0.2) is 0 Å². The molecule has 0 amide bonds. The van der Waals surface area contributed by atoms with Crippen molar-refractivity contribution in [3.05, 3.63) is 90.5 Å². The summed E-state index contributed by atoms with van der Waals surface area (Å²) < 4.78 is 41.0. The molecule has 0 saturated heterocycles. The SMILES string of the molecule is CCCCCCCCc1ccc(OCCOCCOCCOCCOCCOCCO[Si](c2ccccc2)(c2ccccc2)C(C)(C)C)cc1. The lowest BCUT2D eigenvalue weighted by molar-refractivity contribution is -0.0143. The first-order valence-corrected chi connectivity index (χ1v) is 20.7. The van der Waals surface area contributed by atoms with Crippen molar-refractivity contribution in [3.8, 4) is 5.75 Å². The molecule has 0 aliphatic rings. The molecule has 0 bridgehead atoms. The Labute approximate surface area is 304 Å². The minimum atomic E-state index is -2.53. The molecule has 7 nitrogen and oxygen atoms in total. The van der Waals surface area contributed by atoms with Crippen LogP contribution >= 0.6 is 0 Å². The third-order valence-electron chi connectivity index (χ3n) is 8.69. The van der Waals surface area contributed by atoms with Crippen LogP contribution in [0, 0.1) is 0 Å². The molecule has 0 radical (unpaired) electrons. The predicted octanol–water partition coefficient (Wildman–Crippen LogP) is 7.63. The van der Waals surface area contributed by atoms with E-state index in [9.17, 15) is 0 Å². The van der Waals surface area contributed by atoms with E-state index >= 15 is 0 Å². The average molecular weight is 709 g/mol. The summed E-state index contributed by atoms with van der Waals surface area (Å²) in [7, 11) is -2.53. The maximum Gasteiger partial charge on any atom is 0.261 e. The summed E-state index contributed by atoms with van der Waals surface area (Å²) >= 11 is 0. The fourth-order valence-electron chi connectivity index (χ4n) is 6.08. The molecule has 0 saturated carbocycles. The summed E-state index contributed by atoms with van der Waals surface area (Å²) in [5.41, 5.74) is 1.38. The van der Waals surface area contributed by atoms with Crippen LogP contribution in [0.15, 0.2) is 84.9 Å². The summed E-state index contributed by atoms with van der Waals surface area (Å²) in [6.45, 7) is 15.4. The first-order chi connectivity index (χ1) is 24.5. The van der Waals surface area contributed by atoms with E-state index < -0.39 is 8.32 Å². The standard InChI is InChI=1S/C42H64O7Si/c1-5-6-7-8-9-12-17-38-22-24-39(25-23-38)48-36-34-46-32-30-44-28-26-43-27-29-45-31-33-47-35-37-49-50(42(2,3)4,40-18-13-10-14-19-40)41-20-15-11-16-21-41/h10-11,13-16,18-25H,5-9,12,17,26-37H2,1-4H3. The van der Waals surface area contributed by atoms with E-state index in [0.717, 1.165) is 12.2 Å². The molecule has 3 rings (SSSR count). The van der Waals surface area contributed by atoms with E-state index in [1.165, 1.54) is 54.5 Å². The lowest BCUT2D eigenvalue weighted by Gasteiger charge is -2.43. The van der Waals surface area contributed by atoms with Gasteiger partial charge in [0, 0.05) is 0 Å². The summed E-state index contributed by atoms with van der Waals surface area (Å²) in [4.78, 5) is 0. The van der Waals surface area contributed by atoms with Gasteiger partial charge < -0.3 is 32.8 Å². The molecular formula is C42H64O7Si. The Morgan fingerprint density at radius 2 is 0.880 bits per heavy atom. The van der Waals surface area contributed by atoms with Gasteiger partial charge in [0.25, 0.3) is 8.32 Å². The molecule has 0 aliphatic carbocycles. The Morgan fingerprint density at radius 1 is 0.460 bits per heavy atom. The van der Waals surface area contributed by atoms with E-state index in [1.54, 1.807) is 0 Å². The van der Waals surface area contributed by atoms with Crippen molar-refractivity contribution in [3.63, 3.8) is 0 Å². The fourth-order valence-corrected chi connectivity index (χ4v) is 10.6. The highest BCUT2D eigenvalue weighted by Crippen LogP contribution is 2.36. The number of ether oxygens (including phenoxy) is 6. The molecule has 3 aromatic rings. The van der Waals surface area contributed by atoms with Gasteiger partial charge in [0.2, 0.25) is 0 Å². The second-order valence-corrected chi connectivity index (χ2v) is 17.9.